The second-order valence-electron chi connectivity index (χ2n) is 6.55. The Balaban J connectivity index is 1.56. The number of thioether (sulfide) groups is 1. The molecule has 1 unspecified atom stereocenters. The van der Waals surface area contributed by atoms with Crippen molar-refractivity contribution in [3.63, 3.8) is 0 Å². The van der Waals surface area contributed by atoms with Crippen LogP contribution >= 0.6 is 23.4 Å². The molecule has 0 radical (unpaired) electrons. The predicted molar refractivity (Wildman–Crippen MR) is 107 cm³/mol. The van der Waals surface area contributed by atoms with Crippen LogP contribution in [0.2, 0.25) is 5.02 Å². The van der Waals surface area contributed by atoms with Gasteiger partial charge in [0.15, 0.2) is 16.8 Å². The highest BCUT2D eigenvalue weighted by atomic mass is 35.5. The van der Waals surface area contributed by atoms with Gasteiger partial charge in [-0.3, -0.25) is 14.6 Å². The van der Waals surface area contributed by atoms with Gasteiger partial charge in [-0.2, -0.15) is 5.10 Å². The first-order chi connectivity index (χ1) is 13.8. The van der Waals surface area contributed by atoms with E-state index in [9.17, 15) is 0 Å². The molecule has 5 rings (SSSR count). The maximum absolute atomic E-state index is 6.23. The van der Waals surface area contributed by atoms with Gasteiger partial charge in [0.25, 0.3) is 0 Å². The third-order valence-corrected chi connectivity index (χ3v) is 6.00. The fraction of sp³-hybridized carbons (Fsp3) is 0.211. The summed E-state index contributed by atoms with van der Waals surface area (Å²) in [6, 6.07) is 12.1. The van der Waals surface area contributed by atoms with Crippen LogP contribution in [0.25, 0.3) is 11.4 Å². The van der Waals surface area contributed by atoms with Crippen molar-refractivity contribution in [1.29, 1.82) is 0 Å². The quantitative estimate of drug-likeness (QED) is 0.477. The highest BCUT2D eigenvalue weighted by molar-refractivity contribution is 7.99. The first-order valence-electron chi connectivity index (χ1n) is 8.92. The third-order valence-electron chi connectivity index (χ3n) is 4.56. The topological polar surface area (TPSA) is 85.2 Å². The third kappa shape index (κ3) is 3.41. The standard InChI is InChI=1S/C19H16ClN7S/c20-14-3-1-2-13(10-14)16(17-22-11-23-24-17)28-19-26-25-18(27(19)15-4-5-15)12-6-8-21-9-7-12/h1-3,6-11,15-16H,4-5H2,(H,22,23,24). The number of H-pyrrole nitrogens is 1. The summed E-state index contributed by atoms with van der Waals surface area (Å²) in [7, 11) is 0. The normalized spacial score (nSPS) is 14.9. The maximum atomic E-state index is 6.23. The van der Waals surface area contributed by atoms with Crippen LogP contribution in [0.5, 0.6) is 0 Å². The van der Waals surface area contributed by atoms with Crippen molar-refractivity contribution in [3.05, 3.63) is 71.5 Å². The lowest BCUT2D eigenvalue weighted by molar-refractivity contribution is 0.668. The lowest BCUT2D eigenvalue weighted by Gasteiger charge is -2.15. The van der Waals surface area contributed by atoms with Crippen LogP contribution in [0.1, 0.15) is 35.5 Å². The molecule has 140 valence electrons. The summed E-state index contributed by atoms with van der Waals surface area (Å²) >= 11 is 7.82. The molecule has 1 aliphatic carbocycles. The summed E-state index contributed by atoms with van der Waals surface area (Å²) in [5.74, 6) is 1.55. The average Bonchev–Trinajstić information content (AvgIpc) is 3.25. The minimum absolute atomic E-state index is 0.142. The zero-order valence-corrected chi connectivity index (χ0v) is 16.3. The number of nitrogens with one attached hydrogen (secondary N) is 1. The number of aromatic amines is 1. The molecule has 0 spiro atoms. The number of nitrogens with zero attached hydrogens (tertiary/aromatic N) is 6. The van der Waals surface area contributed by atoms with Gasteiger partial charge in [-0.05, 0) is 42.7 Å². The van der Waals surface area contributed by atoms with E-state index in [1.165, 1.54) is 0 Å². The SMILES string of the molecule is Clc1cccc(C(Sc2nnc(-c3ccncc3)n2C2CC2)c2nc[nH]n2)c1. The first kappa shape index (κ1) is 17.4. The van der Waals surface area contributed by atoms with E-state index in [1.54, 1.807) is 30.5 Å². The first-order valence-corrected chi connectivity index (χ1v) is 10.2. The number of hydrogen-bond donors (Lipinski definition) is 1. The van der Waals surface area contributed by atoms with Gasteiger partial charge in [-0.25, -0.2) is 4.98 Å². The van der Waals surface area contributed by atoms with Crippen molar-refractivity contribution in [2.75, 3.05) is 0 Å². The van der Waals surface area contributed by atoms with Crippen LogP contribution in [0.4, 0.5) is 0 Å². The molecule has 0 amide bonds. The fourth-order valence-corrected chi connectivity index (χ4v) is 4.46. The number of benzene rings is 1. The van der Waals surface area contributed by atoms with E-state index in [2.05, 4.69) is 34.9 Å². The summed E-state index contributed by atoms with van der Waals surface area (Å²) in [6.07, 6.45) is 7.40. The van der Waals surface area contributed by atoms with Crippen LogP contribution in [-0.4, -0.2) is 34.9 Å². The number of halogens is 1. The molecule has 3 heterocycles. The molecule has 1 aromatic carbocycles. The molecule has 1 saturated carbocycles. The van der Waals surface area contributed by atoms with Crippen molar-refractivity contribution in [2.24, 2.45) is 0 Å². The molecule has 0 saturated heterocycles. The highest BCUT2D eigenvalue weighted by Gasteiger charge is 2.32. The molecule has 1 fully saturated rings. The summed E-state index contributed by atoms with van der Waals surface area (Å²) in [6.45, 7) is 0. The molecule has 0 aliphatic heterocycles. The summed E-state index contributed by atoms with van der Waals surface area (Å²) in [5, 5.41) is 17.5. The molecule has 1 aliphatic rings. The fourth-order valence-electron chi connectivity index (χ4n) is 3.11. The second-order valence-corrected chi connectivity index (χ2v) is 8.06. The number of pyridine rings is 1. The van der Waals surface area contributed by atoms with Gasteiger partial charge in [-0.1, -0.05) is 35.5 Å². The Morgan fingerprint density at radius 2 is 2.00 bits per heavy atom. The van der Waals surface area contributed by atoms with E-state index in [-0.39, 0.29) is 5.25 Å². The van der Waals surface area contributed by atoms with Crippen molar-refractivity contribution < 1.29 is 0 Å². The molecule has 9 heteroatoms. The Kier molecular flexibility index (Phi) is 4.58. The molecule has 4 aromatic rings. The van der Waals surface area contributed by atoms with Crippen LogP contribution in [0.3, 0.4) is 0 Å². The molecule has 28 heavy (non-hydrogen) atoms. The maximum Gasteiger partial charge on any atom is 0.192 e. The summed E-state index contributed by atoms with van der Waals surface area (Å²) < 4.78 is 2.23. The van der Waals surface area contributed by atoms with E-state index in [0.717, 1.165) is 34.9 Å². The Hall–Kier alpha value is -2.71. The average molecular weight is 410 g/mol. The number of hydrogen-bond acceptors (Lipinski definition) is 6. The molecule has 1 N–H and O–H groups in total. The molecular formula is C19H16ClN7S. The van der Waals surface area contributed by atoms with Crippen molar-refractivity contribution in [1.82, 2.24) is 34.9 Å². The van der Waals surface area contributed by atoms with Gasteiger partial charge >= 0.3 is 0 Å². The lowest BCUT2D eigenvalue weighted by Crippen LogP contribution is -2.04. The summed E-state index contributed by atoms with van der Waals surface area (Å²) in [5.41, 5.74) is 2.03. The molecule has 7 nitrogen and oxygen atoms in total. The van der Waals surface area contributed by atoms with Gasteiger partial charge in [-0.15, -0.1) is 10.2 Å². The van der Waals surface area contributed by atoms with Gasteiger partial charge in [0, 0.05) is 29.0 Å². The van der Waals surface area contributed by atoms with Crippen LogP contribution in [0, 0.1) is 0 Å². The van der Waals surface area contributed by atoms with E-state index in [0.29, 0.717) is 16.9 Å². The predicted octanol–water partition coefficient (Wildman–Crippen LogP) is 4.33. The van der Waals surface area contributed by atoms with Crippen LogP contribution < -0.4 is 0 Å². The number of rotatable bonds is 6. The van der Waals surface area contributed by atoms with Gasteiger partial charge in [0.05, 0.1) is 5.25 Å². The summed E-state index contributed by atoms with van der Waals surface area (Å²) in [4.78, 5) is 8.48. The Morgan fingerprint density at radius 1 is 1.14 bits per heavy atom. The van der Waals surface area contributed by atoms with Gasteiger partial charge in [0.2, 0.25) is 0 Å². The van der Waals surface area contributed by atoms with E-state index in [4.69, 9.17) is 11.6 Å². The molecule has 1 atom stereocenters. The Labute approximate surface area is 170 Å². The van der Waals surface area contributed by atoms with Gasteiger partial charge < -0.3 is 0 Å². The highest BCUT2D eigenvalue weighted by Crippen LogP contribution is 2.45. The van der Waals surface area contributed by atoms with Crippen molar-refractivity contribution in [2.45, 2.75) is 29.3 Å². The molecule has 0 bridgehead atoms. The smallest absolute Gasteiger partial charge is 0.192 e. The minimum Gasteiger partial charge on any atom is -0.299 e. The minimum atomic E-state index is -0.142. The zero-order chi connectivity index (χ0) is 18.9. The largest absolute Gasteiger partial charge is 0.299 e. The van der Waals surface area contributed by atoms with Gasteiger partial charge in [0.1, 0.15) is 6.33 Å². The van der Waals surface area contributed by atoms with E-state index < -0.39 is 0 Å². The molecule has 3 aromatic heterocycles. The second kappa shape index (κ2) is 7.37. The lowest BCUT2D eigenvalue weighted by atomic mass is 10.1. The van der Waals surface area contributed by atoms with Crippen LogP contribution in [0.15, 0.2) is 60.3 Å². The van der Waals surface area contributed by atoms with Crippen molar-refractivity contribution in [3.8, 4) is 11.4 Å². The monoisotopic (exact) mass is 409 g/mol. The zero-order valence-electron chi connectivity index (χ0n) is 14.7. The Morgan fingerprint density at radius 3 is 2.71 bits per heavy atom. The van der Waals surface area contributed by atoms with Crippen molar-refractivity contribution >= 4 is 23.4 Å². The molecular weight excluding hydrogens is 394 g/mol. The van der Waals surface area contributed by atoms with E-state index in [1.807, 2.05) is 36.4 Å². The van der Waals surface area contributed by atoms with E-state index >= 15 is 0 Å². The Bertz CT molecular complexity index is 1080. The number of aromatic nitrogens is 7. The van der Waals surface area contributed by atoms with Crippen LogP contribution in [-0.2, 0) is 0 Å².